The minimum atomic E-state index is 0.0127. The summed E-state index contributed by atoms with van der Waals surface area (Å²) in [5.41, 5.74) is 6.67. The van der Waals surface area contributed by atoms with Crippen LogP contribution in [0.25, 0.3) is 0 Å². The van der Waals surface area contributed by atoms with Crippen LogP contribution >= 0.6 is 0 Å². The zero-order valence-corrected chi connectivity index (χ0v) is 4.96. The molecule has 0 aromatic carbocycles. The van der Waals surface area contributed by atoms with Crippen molar-refractivity contribution in [3.63, 3.8) is 0 Å². The topological polar surface area (TPSA) is 38.4 Å². The van der Waals surface area contributed by atoms with Crippen molar-refractivity contribution in [2.45, 2.75) is 19.5 Å². The Morgan fingerprint density at radius 1 is 1.88 bits per heavy atom. The SMILES string of the molecule is CC1=CCC(N)N=C1. The predicted molar refractivity (Wildman–Crippen MR) is 34.8 cm³/mol. The average Bonchev–Trinajstić information content (AvgIpc) is 1.77. The van der Waals surface area contributed by atoms with E-state index in [2.05, 4.69) is 11.1 Å². The van der Waals surface area contributed by atoms with Crippen LogP contribution in [0.1, 0.15) is 13.3 Å². The number of nitrogens with zero attached hydrogens (tertiary/aromatic N) is 1. The molecule has 0 bridgehead atoms. The number of rotatable bonds is 0. The molecule has 0 spiro atoms. The molecule has 2 N–H and O–H groups in total. The fourth-order valence-corrected chi connectivity index (χ4v) is 0.634. The highest BCUT2D eigenvalue weighted by Gasteiger charge is 1.98. The summed E-state index contributed by atoms with van der Waals surface area (Å²) in [7, 11) is 0. The normalized spacial score (nSPS) is 27.8. The lowest BCUT2D eigenvalue weighted by Gasteiger charge is -2.06. The first-order valence-corrected chi connectivity index (χ1v) is 2.74. The Morgan fingerprint density at radius 3 is 3.00 bits per heavy atom. The summed E-state index contributed by atoms with van der Waals surface area (Å²) < 4.78 is 0. The van der Waals surface area contributed by atoms with E-state index in [-0.39, 0.29) is 6.17 Å². The van der Waals surface area contributed by atoms with Crippen molar-refractivity contribution in [1.82, 2.24) is 0 Å². The Labute approximate surface area is 49.1 Å². The van der Waals surface area contributed by atoms with Gasteiger partial charge in [0.1, 0.15) is 6.17 Å². The second-order valence-electron chi connectivity index (χ2n) is 2.03. The summed E-state index contributed by atoms with van der Waals surface area (Å²) in [6, 6.07) is 0. The number of allylic oxidation sites excluding steroid dienone is 1. The Kier molecular flexibility index (Phi) is 1.44. The minimum absolute atomic E-state index is 0.0127. The van der Waals surface area contributed by atoms with E-state index in [1.807, 2.05) is 13.1 Å². The van der Waals surface area contributed by atoms with Crippen LogP contribution < -0.4 is 5.73 Å². The standard InChI is InChI=1S/C6H10N2/c1-5-2-3-6(7)8-4-5/h2,4,6H,3,7H2,1H3. The van der Waals surface area contributed by atoms with E-state index < -0.39 is 0 Å². The highest BCUT2D eigenvalue weighted by atomic mass is 14.9. The maximum Gasteiger partial charge on any atom is 0.100 e. The summed E-state index contributed by atoms with van der Waals surface area (Å²) in [4.78, 5) is 4.00. The van der Waals surface area contributed by atoms with Gasteiger partial charge in [0.05, 0.1) is 0 Å². The monoisotopic (exact) mass is 110 g/mol. The molecule has 0 fully saturated rings. The van der Waals surface area contributed by atoms with E-state index in [9.17, 15) is 0 Å². The maximum atomic E-state index is 5.45. The van der Waals surface area contributed by atoms with Gasteiger partial charge in [0.2, 0.25) is 0 Å². The van der Waals surface area contributed by atoms with Crippen LogP contribution in [-0.4, -0.2) is 12.4 Å². The highest BCUT2D eigenvalue weighted by molar-refractivity contribution is 5.78. The van der Waals surface area contributed by atoms with Gasteiger partial charge < -0.3 is 5.73 Å². The van der Waals surface area contributed by atoms with E-state index in [1.165, 1.54) is 5.57 Å². The third kappa shape index (κ3) is 1.17. The molecule has 0 saturated carbocycles. The van der Waals surface area contributed by atoms with Gasteiger partial charge in [-0.3, -0.25) is 4.99 Å². The maximum absolute atomic E-state index is 5.45. The molecule has 1 rings (SSSR count). The third-order valence-electron chi connectivity index (χ3n) is 1.15. The Hall–Kier alpha value is -0.630. The van der Waals surface area contributed by atoms with Crippen LogP contribution in [0.2, 0.25) is 0 Å². The van der Waals surface area contributed by atoms with E-state index in [0.717, 1.165) is 6.42 Å². The number of nitrogens with two attached hydrogens (primary N) is 1. The number of aliphatic imine (C=N–C) groups is 1. The van der Waals surface area contributed by atoms with Gasteiger partial charge in [-0.2, -0.15) is 0 Å². The van der Waals surface area contributed by atoms with Gasteiger partial charge >= 0.3 is 0 Å². The first-order valence-electron chi connectivity index (χ1n) is 2.74. The average molecular weight is 110 g/mol. The van der Waals surface area contributed by atoms with Gasteiger partial charge in [0.25, 0.3) is 0 Å². The molecule has 1 unspecified atom stereocenters. The molecular weight excluding hydrogens is 100 g/mol. The van der Waals surface area contributed by atoms with E-state index in [0.29, 0.717) is 0 Å². The lowest BCUT2D eigenvalue weighted by atomic mass is 10.2. The first kappa shape index (κ1) is 5.51. The van der Waals surface area contributed by atoms with E-state index in [4.69, 9.17) is 5.73 Å². The number of hydrogen-bond acceptors (Lipinski definition) is 2. The van der Waals surface area contributed by atoms with Gasteiger partial charge in [-0.25, -0.2) is 0 Å². The summed E-state index contributed by atoms with van der Waals surface area (Å²) in [5, 5.41) is 0. The molecule has 2 nitrogen and oxygen atoms in total. The second-order valence-corrected chi connectivity index (χ2v) is 2.03. The van der Waals surface area contributed by atoms with Crippen molar-refractivity contribution in [1.29, 1.82) is 0 Å². The van der Waals surface area contributed by atoms with Crippen LogP contribution in [0, 0.1) is 0 Å². The van der Waals surface area contributed by atoms with Gasteiger partial charge in [-0.1, -0.05) is 6.08 Å². The summed E-state index contributed by atoms with van der Waals surface area (Å²) >= 11 is 0. The first-order chi connectivity index (χ1) is 3.79. The molecule has 1 aliphatic rings. The molecular formula is C6H10N2. The lowest BCUT2D eigenvalue weighted by Crippen LogP contribution is -2.18. The van der Waals surface area contributed by atoms with Crippen LogP contribution in [0.15, 0.2) is 16.6 Å². The van der Waals surface area contributed by atoms with Crippen molar-refractivity contribution in [3.8, 4) is 0 Å². The predicted octanol–water partition coefficient (Wildman–Crippen LogP) is 0.692. The Bertz CT molecular complexity index is 135. The smallest absolute Gasteiger partial charge is 0.100 e. The van der Waals surface area contributed by atoms with E-state index in [1.54, 1.807) is 0 Å². The molecule has 44 valence electrons. The van der Waals surface area contributed by atoms with Crippen LogP contribution in [0.5, 0.6) is 0 Å². The molecule has 0 aliphatic carbocycles. The largest absolute Gasteiger partial charge is 0.309 e. The van der Waals surface area contributed by atoms with Gasteiger partial charge in [-0.15, -0.1) is 0 Å². The van der Waals surface area contributed by atoms with E-state index >= 15 is 0 Å². The molecule has 1 heterocycles. The van der Waals surface area contributed by atoms with Crippen molar-refractivity contribution in [3.05, 3.63) is 11.6 Å². The summed E-state index contributed by atoms with van der Waals surface area (Å²) in [6.45, 7) is 2.02. The molecule has 0 aromatic rings. The van der Waals surface area contributed by atoms with Crippen LogP contribution in [-0.2, 0) is 0 Å². The summed E-state index contributed by atoms with van der Waals surface area (Å²) in [6.07, 6.45) is 4.81. The lowest BCUT2D eigenvalue weighted by molar-refractivity contribution is 0.716. The van der Waals surface area contributed by atoms with Crippen LogP contribution in [0.4, 0.5) is 0 Å². The molecule has 1 aliphatic heterocycles. The van der Waals surface area contributed by atoms with Gasteiger partial charge in [-0.05, 0) is 12.5 Å². The zero-order valence-electron chi connectivity index (χ0n) is 4.96. The van der Waals surface area contributed by atoms with Crippen molar-refractivity contribution < 1.29 is 0 Å². The molecule has 0 amide bonds. The van der Waals surface area contributed by atoms with Crippen LogP contribution in [0.3, 0.4) is 0 Å². The molecule has 1 atom stereocenters. The van der Waals surface area contributed by atoms with Gasteiger partial charge in [0, 0.05) is 12.6 Å². The minimum Gasteiger partial charge on any atom is -0.309 e. The molecule has 2 heteroatoms. The number of dihydropyridines is 1. The molecule has 0 saturated heterocycles. The Balaban J connectivity index is 2.58. The molecule has 0 aromatic heterocycles. The zero-order chi connectivity index (χ0) is 5.98. The summed E-state index contributed by atoms with van der Waals surface area (Å²) in [5.74, 6) is 0. The third-order valence-corrected chi connectivity index (χ3v) is 1.15. The number of hydrogen-bond donors (Lipinski definition) is 1. The van der Waals surface area contributed by atoms with Crippen molar-refractivity contribution in [2.24, 2.45) is 10.7 Å². The fourth-order valence-electron chi connectivity index (χ4n) is 0.634. The molecule has 0 radical (unpaired) electrons. The molecule has 8 heavy (non-hydrogen) atoms. The van der Waals surface area contributed by atoms with Crippen molar-refractivity contribution >= 4 is 6.21 Å². The highest BCUT2D eigenvalue weighted by Crippen LogP contribution is 2.02. The van der Waals surface area contributed by atoms with Gasteiger partial charge in [0.15, 0.2) is 0 Å². The quantitative estimate of drug-likeness (QED) is 0.489. The Morgan fingerprint density at radius 2 is 2.62 bits per heavy atom. The van der Waals surface area contributed by atoms with Crippen molar-refractivity contribution in [2.75, 3.05) is 0 Å². The fraction of sp³-hybridized carbons (Fsp3) is 0.500. The second kappa shape index (κ2) is 2.09.